The van der Waals surface area contributed by atoms with Gasteiger partial charge in [0.2, 0.25) is 0 Å². The van der Waals surface area contributed by atoms with Gasteiger partial charge < -0.3 is 16.2 Å². The molecule has 0 bridgehead atoms. The number of aromatic carboxylic acids is 1. The number of carbonyl (C=O) groups is 2. The molecular weight excluding hydrogens is 294 g/mol. The van der Waals surface area contributed by atoms with Crippen LogP contribution in [0.2, 0.25) is 5.02 Å². The van der Waals surface area contributed by atoms with Gasteiger partial charge in [-0.3, -0.25) is 9.78 Å². The lowest BCUT2D eigenvalue weighted by atomic mass is 10.1. The van der Waals surface area contributed by atoms with Crippen LogP contribution in [-0.2, 0) is 6.54 Å². The second kappa shape index (κ2) is 6.23. The molecular formula is C14H12ClN3O3. The molecule has 2 rings (SSSR count). The van der Waals surface area contributed by atoms with Crippen LogP contribution >= 0.6 is 11.6 Å². The lowest BCUT2D eigenvalue weighted by Crippen LogP contribution is -2.14. The predicted octanol–water partition coefficient (Wildman–Crippen LogP) is 2.14. The van der Waals surface area contributed by atoms with E-state index in [1.807, 2.05) is 0 Å². The third-order valence-corrected chi connectivity index (χ3v) is 3.01. The highest BCUT2D eigenvalue weighted by atomic mass is 35.5. The van der Waals surface area contributed by atoms with Crippen LogP contribution in [0.4, 0.5) is 5.69 Å². The first-order valence-corrected chi connectivity index (χ1v) is 6.36. The second-order valence-electron chi connectivity index (χ2n) is 4.25. The Morgan fingerprint density at radius 1 is 1.29 bits per heavy atom. The Morgan fingerprint density at radius 3 is 2.71 bits per heavy atom. The normalized spacial score (nSPS) is 10.1. The van der Waals surface area contributed by atoms with E-state index >= 15 is 0 Å². The third-order valence-electron chi connectivity index (χ3n) is 2.77. The number of nitrogens with two attached hydrogens (primary N) is 1. The van der Waals surface area contributed by atoms with Crippen LogP contribution in [0.1, 0.15) is 26.4 Å². The molecule has 0 saturated heterocycles. The summed E-state index contributed by atoms with van der Waals surface area (Å²) in [4.78, 5) is 26.3. The molecule has 2 aromatic rings. The van der Waals surface area contributed by atoms with Gasteiger partial charge in [0, 0.05) is 16.9 Å². The number of amides is 1. The number of carboxylic acid groups (broad SMARTS) is 1. The number of rotatable bonds is 5. The number of pyridine rings is 1. The zero-order chi connectivity index (χ0) is 15.4. The van der Waals surface area contributed by atoms with Crippen molar-refractivity contribution in [3.05, 3.63) is 58.4 Å². The summed E-state index contributed by atoms with van der Waals surface area (Å²) in [7, 11) is 0. The van der Waals surface area contributed by atoms with Crippen LogP contribution < -0.4 is 11.1 Å². The van der Waals surface area contributed by atoms with E-state index in [-0.39, 0.29) is 17.7 Å². The summed E-state index contributed by atoms with van der Waals surface area (Å²) in [5.41, 5.74) is 6.73. The van der Waals surface area contributed by atoms with Gasteiger partial charge in [0.15, 0.2) is 0 Å². The molecule has 1 amide bonds. The fourth-order valence-electron chi connectivity index (χ4n) is 1.77. The predicted molar refractivity (Wildman–Crippen MR) is 78.5 cm³/mol. The Hall–Kier alpha value is -2.60. The van der Waals surface area contributed by atoms with Crippen molar-refractivity contribution in [3.8, 4) is 0 Å². The van der Waals surface area contributed by atoms with Crippen LogP contribution in [0, 0.1) is 0 Å². The largest absolute Gasteiger partial charge is 0.478 e. The van der Waals surface area contributed by atoms with E-state index < -0.39 is 11.9 Å². The maximum Gasteiger partial charge on any atom is 0.335 e. The topological polar surface area (TPSA) is 105 Å². The molecule has 0 radical (unpaired) electrons. The summed E-state index contributed by atoms with van der Waals surface area (Å²) in [5, 5.41) is 12.3. The van der Waals surface area contributed by atoms with E-state index in [4.69, 9.17) is 22.4 Å². The molecule has 1 heterocycles. The van der Waals surface area contributed by atoms with Gasteiger partial charge in [0.1, 0.15) is 0 Å². The molecule has 0 fully saturated rings. The number of benzene rings is 1. The number of nitrogens with zero attached hydrogens (tertiary/aromatic N) is 1. The standard InChI is InChI=1S/C14H12ClN3O3/c15-9-1-2-12(11(6-9)13(16)19)18-7-10-5-8(14(20)21)3-4-17-10/h1-6,18H,7H2,(H2,16,19)(H,20,21). The molecule has 4 N–H and O–H groups in total. The van der Waals surface area contributed by atoms with Crippen LogP contribution in [0.3, 0.4) is 0 Å². The molecule has 7 heteroatoms. The highest BCUT2D eigenvalue weighted by Crippen LogP contribution is 2.20. The van der Waals surface area contributed by atoms with E-state index in [1.54, 1.807) is 12.1 Å². The van der Waals surface area contributed by atoms with Gasteiger partial charge in [-0.2, -0.15) is 0 Å². The number of hydrogen-bond donors (Lipinski definition) is 3. The Balaban J connectivity index is 2.18. The molecule has 0 aliphatic heterocycles. The minimum Gasteiger partial charge on any atom is -0.478 e. The first-order valence-electron chi connectivity index (χ1n) is 5.99. The SMILES string of the molecule is NC(=O)c1cc(Cl)ccc1NCc1cc(C(=O)O)ccn1. The van der Waals surface area contributed by atoms with Crippen molar-refractivity contribution in [3.63, 3.8) is 0 Å². The minimum atomic E-state index is -1.03. The molecule has 1 aromatic carbocycles. The van der Waals surface area contributed by atoms with Crippen LogP contribution in [-0.4, -0.2) is 22.0 Å². The van der Waals surface area contributed by atoms with Crippen molar-refractivity contribution in [1.29, 1.82) is 0 Å². The van der Waals surface area contributed by atoms with E-state index in [2.05, 4.69) is 10.3 Å². The summed E-state index contributed by atoms with van der Waals surface area (Å²) in [6, 6.07) is 7.58. The van der Waals surface area contributed by atoms with Gasteiger partial charge in [-0.15, -0.1) is 0 Å². The van der Waals surface area contributed by atoms with Crippen molar-refractivity contribution >= 4 is 29.2 Å². The second-order valence-corrected chi connectivity index (χ2v) is 4.69. The Kier molecular flexibility index (Phi) is 4.39. The van der Waals surface area contributed by atoms with Crippen molar-refractivity contribution in [1.82, 2.24) is 4.98 Å². The lowest BCUT2D eigenvalue weighted by molar-refractivity contribution is 0.0696. The van der Waals surface area contributed by atoms with Gasteiger partial charge in [-0.25, -0.2) is 4.79 Å². The average Bonchev–Trinajstić information content (AvgIpc) is 2.46. The zero-order valence-electron chi connectivity index (χ0n) is 10.8. The monoisotopic (exact) mass is 305 g/mol. The number of halogens is 1. The van der Waals surface area contributed by atoms with Gasteiger partial charge in [0.25, 0.3) is 5.91 Å². The fourth-order valence-corrected chi connectivity index (χ4v) is 1.94. The summed E-state index contributed by atoms with van der Waals surface area (Å²) in [5.74, 6) is -1.63. The molecule has 21 heavy (non-hydrogen) atoms. The maximum atomic E-state index is 11.4. The Morgan fingerprint density at radius 2 is 2.05 bits per heavy atom. The first-order chi connectivity index (χ1) is 9.97. The van der Waals surface area contributed by atoms with E-state index in [9.17, 15) is 9.59 Å². The van der Waals surface area contributed by atoms with Crippen LogP contribution in [0.25, 0.3) is 0 Å². The number of hydrogen-bond acceptors (Lipinski definition) is 4. The number of aromatic nitrogens is 1. The molecule has 0 aliphatic carbocycles. The fraction of sp³-hybridized carbons (Fsp3) is 0.0714. The number of primary amides is 1. The number of carboxylic acids is 1. The van der Waals surface area contributed by atoms with E-state index in [0.29, 0.717) is 16.4 Å². The molecule has 0 atom stereocenters. The van der Waals surface area contributed by atoms with Crippen molar-refractivity contribution in [2.24, 2.45) is 5.73 Å². The Bertz CT molecular complexity index is 704. The molecule has 0 unspecified atom stereocenters. The summed E-state index contributed by atoms with van der Waals surface area (Å²) in [6.07, 6.45) is 1.41. The first kappa shape index (κ1) is 14.8. The highest BCUT2D eigenvalue weighted by Gasteiger charge is 2.09. The van der Waals surface area contributed by atoms with Crippen LogP contribution in [0.15, 0.2) is 36.5 Å². The maximum absolute atomic E-state index is 11.4. The minimum absolute atomic E-state index is 0.146. The number of nitrogens with one attached hydrogen (secondary N) is 1. The molecule has 0 saturated carbocycles. The number of carbonyl (C=O) groups excluding carboxylic acids is 1. The average molecular weight is 306 g/mol. The molecule has 0 spiro atoms. The highest BCUT2D eigenvalue weighted by molar-refractivity contribution is 6.31. The smallest absolute Gasteiger partial charge is 0.335 e. The molecule has 108 valence electrons. The third kappa shape index (κ3) is 3.70. The van der Waals surface area contributed by atoms with Crippen molar-refractivity contribution < 1.29 is 14.7 Å². The molecule has 0 aliphatic rings. The van der Waals surface area contributed by atoms with E-state index in [1.165, 1.54) is 24.4 Å². The lowest BCUT2D eigenvalue weighted by Gasteiger charge is -2.10. The summed E-state index contributed by atoms with van der Waals surface area (Å²) in [6.45, 7) is 0.253. The zero-order valence-corrected chi connectivity index (χ0v) is 11.6. The van der Waals surface area contributed by atoms with Gasteiger partial charge in [0.05, 0.1) is 23.4 Å². The van der Waals surface area contributed by atoms with Crippen molar-refractivity contribution in [2.45, 2.75) is 6.54 Å². The molecule has 6 nitrogen and oxygen atoms in total. The van der Waals surface area contributed by atoms with Gasteiger partial charge in [-0.1, -0.05) is 11.6 Å². The quantitative estimate of drug-likeness (QED) is 0.785. The van der Waals surface area contributed by atoms with E-state index in [0.717, 1.165) is 0 Å². The Labute approximate surface area is 125 Å². The van der Waals surface area contributed by atoms with Crippen molar-refractivity contribution in [2.75, 3.05) is 5.32 Å². The molecule has 1 aromatic heterocycles. The van der Waals surface area contributed by atoms with Crippen LogP contribution in [0.5, 0.6) is 0 Å². The van der Waals surface area contributed by atoms with Gasteiger partial charge >= 0.3 is 5.97 Å². The van der Waals surface area contributed by atoms with Gasteiger partial charge in [-0.05, 0) is 30.3 Å². The summed E-state index contributed by atoms with van der Waals surface area (Å²) < 4.78 is 0. The number of anilines is 1. The summed E-state index contributed by atoms with van der Waals surface area (Å²) >= 11 is 5.82.